The average Bonchev–Trinajstić information content (AvgIpc) is 3.22. The van der Waals surface area contributed by atoms with Gasteiger partial charge in [0.15, 0.2) is 5.72 Å². The molecule has 2 N–H and O–H groups in total. The van der Waals surface area contributed by atoms with E-state index < -0.39 is 0 Å². The number of nitrogens with zero attached hydrogens (tertiary/aromatic N) is 1. The number of quaternary nitrogens is 1. The number of likely N-dealkylation sites (tertiary alicyclic amines) is 1. The predicted molar refractivity (Wildman–Crippen MR) is 115 cm³/mol. The Morgan fingerprint density at radius 2 is 1.72 bits per heavy atom. The summed E-state index contributed by atoms with van der Waals surface area (Å²) in [6.45, 7) is 2.25. The maximum atomic E-state index is 6.69. The highest BCUT2D eigenvalue weighted by molar-refractivity contribution is 5.86. The van der Waals surface area contributed by atoms with Crippen molar-refractivity contribution in [3.05, 3.63) is 83.9 Å². The molecule has 0 radical (unpaired) electrons. The van der Waals surface area contributed by atoms with E-state index in [1.54, 1.807) is 4.90 Å². The van der Waals surface area contributed by atoms with E-state index in [2.05, 4.69) is 90.3 Å². The van der Waals surface area contributed by atoms with Crippen LogP contribution in [0.5, 0.6) is 5.75 Å². The van der Waals surface area contributed by atoms with E-state index in [0.717, 1.165) is 31.7 Å². The summed E-state index contributed by atoms with van der Waals surface area (Å²) in [5.74, 6) is 1.03. The third kappa shape index (κ3) is 2.67. The van der Waals surface area contributed by atoms with Crippen molar-refractivity contribution in [1.29, 1.82) is 0 Å². The molecule has 3 aliphatic rings. The van der Waals surface area contributed by atoms with E-state index in [-0.39, 0.29) is 11.8 Å². The summed E-state index contributed by atoms with van der Waals surface area (Å²) in [5, 5.41) is 4.93. The predicted octanol–water partition coefficient (Wildman–Crippen LogP) is 3.14. The van der Waals surface area contributed by atoms with Crippen molar-refractivity contribution in [2.45, 2.75) is 24.6 Å². The normalized spacial score (nSPS) is 28.4. The first-order valence-electron chi connectivity index (χ1n) is 10.6. The van der Waals surface area contributed by atoms with Gasteiger partial charge in [-0.05, 0) is 34.5 Å². The van der Waals surface area contributed by atoms with E-state index in [9.17, 15) is 0 Å². The van der Waals surface area contributed by atoms with Crippen molar-refractivity contribution in [3.8, 4) is 5.75 Å². The molecule has 0 unspecified atom stereocenters. The van der Waals surface area contributed by atoms with Gasteiger partial charge in [-0.25, -0.2) is 0 Å². The molecular formula is C25H26N3O+. The second-order valence-electron chi connectivity index (χ2n) is 8.61. The second kappa shape index (κ2) is 6.34. The number of fused-ring (bicyclic) bond motifs is 5. The highest BCUT2D eigenvalue weighted by Crippen LogP contribution is 2.47. The molecule has 0 amide bonds. The van der Waals surface area contributed by atoms with Crippen molar-refractivity contribution < 1.29 is 9.64 Å². The molecule has 3 aromatic carbocycles. The van der Waals surface area contributed by atoms with Crippen LogP contribution in [0.25, 0.3) is 16.5 Å². The largest absolute Gasteiger partial charge is 0.470 e. The Morgan fingerprint density at radius 3 is 2.59 bits per heavy atom. The summed E-state index contributed by atoms with van der Waals surface area (Å²) < 4.78 is 6.69. The van der Waals surface area contributed by atoms with Gasteiger partial charge in [-0.1, -0.05) is 54.6 Å². The third-order valence-electron chi connectivity index (χ3n) is 6.77. The van der Waals surface area contributed by atoms with E-state index in [4.69, 9.17) is 4.74 Å². The lowest BCUT2D eigenvalue weighted by Gasteiger charge is -2.50. The number of hydrazine groups is 1. The summed E-state index contributed by atoms with van der Waals surface area (Å²) in [7, 11) is 2.28. The molecule has 3 aromatic rings. The maximum absolute atomic E-state index is 6.69. The summed E-state index contributed by atoms with van der Waals surface area (Å²) in [6.07, 6.45) is 4.42. The molecule has 4 heteroatoms. The fraction of sp³-hybridized carbons (Fsp3) is 0.280. The zero-order chi connectivity index (χ0) is 19.4. The Balaban J connectivity index is 1.43. The van der Waals surface area contributed by atoms with Crippen molar-refractivity contribution in [2.75, 3.05) is 20.1 Å². The summed E-state index contributed by atoms with van der Waals surface area (Å²) in [5.41, 5.74) is 7.11. The van der Waals surface area contributed by atoms with Crippen molar-refractivity contribution in [2.24, 2.45) is 0 Å². The van der Waals surface area contributed by atoms with Crippen molar-refractivity contribution in [1.82, 2.24) is 10.4 Å². The Labute approximate surface area is 171 Å². The number of para-hydroxylation sites is 1. The Kier molecular flexibility index (Phi) is 3.73. The highest BCUT2D eigenvalue weighted by Gasteiger charge is 2.52. The van der Waals surface area contributed by atoms with Crippen LogP contribution < -0.4 is 15.1 Å². The minimum atomic E-state index is -0.284. The van der Waals surface area contributed by atoms with Gasteiger partial charge in [0.05, 0.1) is 44.7 Å². The van der Waals surface area contributed by atoms with Crippen LogP contribution in [0.3, 0.4) is 0 Å². The molecule has 0 aromatic heterocycles. The highest BCUT2D eigenvalue weighted by atomic mass is 16.5. The monoisotopic (exact) mass is 384 g/mol. The van der Waals surface area contributed by atoms with Crippen LogP contribution in [-0.4, -0.2) is 30.9 Å². The molecule has 146 valence electrons. The zero-order valence-corrected chi connectivity index (χ0v) is 16.7. The lowest BCUT2D eigenvalue weighted by molar-refractivity contribution is -0.888. The number of rotatable bonds is 1. The number of benzene rings is 3. The first-order chi connectivity index (χ1) is 14.2. The third-order valence-corrected chi connectivity index (χ3v) is 6.77. The number of nitrogens with one attached hydrogen (secondary N) is 2. The standard InChI is InChI=1S/C25H25N3O/c1-27-14-12-25(13-15-27)28-23(21-8-4-5-9-24(21)29-25)17-22(26-28)20-11-10-18-6-2-3-7-19(18)16-20/h2-11,16-17,23,26H,12-15H2,1H3/p+1/t23-/m0/s1. The van der Waals surface area contributed by atoms with Crippen LogP contribution in [0.2, 0.25) is 0 Å². The SMILES string of the molecule is C[NH+]1CCC2(CC1)Oc1ccccc1[C@@H]1C=C(c3ccc4ccccc4c3)NN12. The van der Waals surface area contributed by atoms with E-state index >= 15 is 0 Å². The van der Waals surface area contributed by atoms with Gasteiger partial charge in [-0.2, -0.15) is 5.01 Å². The fourth-order valence-electron chi connectivity index (χ4n) is 5.05. The molecule has 4 nitrogen and oxygen atoms in total. The number of hydrogen-bond donors (Lipinski definition) is 2. The summed E-state index contributed by atoms with van der Waals surface area (Å²) in [4.78, 5) is 1.58. The smallest absolute Gasteiger partial charge is 0.191 e. The van der Waals surface area contributed by atoms with E-state index in [1.807, 2.05) is 0 Å². The molecule has 1 atom stereocenters. The molecule has 3 heterocycles. The second-order valence-corrected chi connectivity index (χ2v) is 8.61. The molecule has 6 rings (SSSR count). The molecule has 0 aliphatic carbocycles. The van der Waals surface area contributed by atoms with E-state index in [0.29, 0.717) is 0 Å². The Hall–Kier alpha value is -2.82. The number of ether oxygens (including phenoxy) is 1. The van der Waals surface area contributed by atoms with Gasteiger partial charge in [0, 0.05) is 5.56 Å². The van der Waals surface area contributed by atoms with Gasteiger partial charge in [-0.3, -0.25) is 0 Å². The molecule has 29 heavy (non-hydrogen) atoms. The first-order valence-corrected chi connectivity index (χ1v) is 10.6. The van der Waals surface area contributed by atoms with Crippen LogP contribution in [0.15, 0.2) is 72.8 Å². The fourth-order valence-corrected chi connectivity index (χ4v) is 5.05. The topological polar surface area (TPSA) is 28.9 Å². The molecule has 1 spiro atoms. The molecule has 3 aliphatic heterocycles. The minimum Gasteiger partial charge on any atom is -0.470 e. The van der Waals surface area contributed by atoms with Gasteiger partial charge in [-0.15, -0.1) is 0 Å². The maximum Gasteiger partial charge on any atom is 0.191 e. The van der Waals surface area contributed by atoms with Crippen LogP contribution in [0, 0.1) is 0 Å². The van der Waals surface area contributed by atoms with Crippen molar-refractivity contribution >= 4 is 16.5 Å². The van der Waals surface area contributed by atoms with Gasteiger partial charge in [0.2, 0.25) is 0 Å². The molecule has 1 saturated heterocycles. The van der Waals surface area contributed by atoms with Crippen molar-refractivity contribution in [3.63, 3.8) is 0 Å². The Morgan fingerprint density at radius 1 is 0.966 bits per heavy atom. The average molecular weight is 385 g/mol. The quantitative estimate of drug-likeness (QED) is 0.675. The summed E-state index contributed by atoms with van der Waals surface area (Å²) in [6, 6.07) is 24.0. The van der Waals surface area contributed by atoms with Gasteiger partial charge in [0.1, 0.15) is 5.75 Å². The number of piperidine rings is 1. The molecule has 0 bridgehead atoms. The van der Waals surface area contributed by atoms with E-state index in [1.165, 1.54) is 27.6 Å². The van der Waals surface area contributed by atoms with Crippen LogP contribution in [0.1, 0.15) is 30.0 Å². The van der Waals surface area contributed by atoms with Crippen LogP contribution in [0.4, 0.5) is 0 Å². The molecule has 0 saturated carbocycles. The van der Waals surface area contributed by atoms with Crippen LogP contribution >= 0.6 is 0 Å². The number of hydrogen-bond acceptors (Lipinski definition) is 3. The molecular weight excluding hydrogens is 358 g/mol. The first kappa shape index (κ1) is 17.1. The van der Waals surface area contributed by atoms with Crippen LogP contribution in [-0.2, 0) is 0 Å². The molecule has 1 fully saturated rings. The van der Waals surface area contributed by atoms with Gasteiger partial charge >= 0.3 is 0 Å². The Bertz CT molecular complexity index is 1110. The van der Waals surface area contributed by atoms with Gasteiger partial charge < -0.3 is 15.1 Å². The minimum absolute atomic E-state index is 0.194. The zero-order valence-electron chi connectivity index (χ0n) is 16.7. The van der Waals surface area contributed by atoms with Gasteiger partial charge in [0.25, 0.3) is 0 Å². The summed E-state index contributed by atoms with van der Waals surface area (Å²) >= 11 is 0. The lowest BCUT2D eigenvalue weighted by Crippen LogP contribution is -3.11. The lowest BCUT2D eigenvalue weighted by atomic mass is 9.93.